The van der Waals surface area contributed by atoms with Crippen LogP contribution >= 0.6 is 0 Å². The smallest absolute Gasteiger partial charge is 0.256 e. The molecule has 0 bridgehead atoms. The average Bonchev–Trinajstić information content (AvgIpc) is 2.60. The molecule has 0 aliphatic carbocycles. The Hall–Kier alpha value is -2.83. The third kappa shape index (κ3) is 3.56. The number of hydrogen-bond donors (Lipinski definition) is 2. The van der Waals surface area contributed by atoms with Gasteiger partial charge in [0.1, 0.15) is 11.6 Å². The summed E-state index contributed by atoms with van der Waals surface area (Å²) in [6.45, 7) is 4.40. The lowest BCUT2D eigenvalue weighted by molar-refractivity contribution is -0.116. The number of aromatic nitrogens is 2. The number of nitrogens with zero attached hydrogens (tertiary/aromatic N) is 1. The first-order chi connectivity index (χ1) is 12.5. The molecule has 0 saturated heterocycles. The van der Waals surface area contributed by atoms with Crippen LogP contribution < -0.4 is 20.3 Å². The number of carbonyl (C=O) groups excluding carboxylic acids is 1. The van der Waals surface area contributed by atoms with Gasteiger partial charge in [-0.3, -0.25) is 9.59 Å². The lowest BCUT2D eigenvalue weighted by Crippen LogP contribution is -2.31. The zero-order valence-corrected chi connectivity index (χ0v) is 15.2. The molecule has 1 unspecified atom stereocenters. The maximum absolute atomic E-state index is 12.5. The van der Waals surface area contributed by atoms with Gasteiger partial charge in [0.05, 0.1) is 19.3 Å². The number of rotatable bonds is 6. The van der Waals surface area contributed by atoms with Crippen molar-refractivity contribution in [2.24, 2.45) is 0 Å². The summed E-state index contributed by atoms with van der Waals surface area (Å²) in [7, 11) is 1.57. The summed E-state index contributed by atoms with van der Waals surface area (Å²) in [6, 6.07) is 5.52. The largest absolute Gasteiger partial charge is 0.493 e. The van der Waals surface area contributed by atoms with E-state index in [4.69, 9.17) is 9.47 Å². The molecule has 0 saturated carbocycles. The maximum atomic E-state index is 12.5. The summed E-state index contributed by atoms with van der Waals surface area (Å²) in [5, 5.41) is 2.69. The Balaban J connectivity index is 1.99. The van der Waals surface area contributed by atoms with Gasteiger partial charge in [0, 0.05) is 12.3 Å². The number of aryl methyl sites for hydroxylation is 1. The van der Waals surface area contributed by atoms with Crippen LogP contribution in [0.2, 0.25) is 0 Å². The fourth-order valence-corrected chi connectivity index (χ4v) is 3.12. The molecule has 7 heteroatoms. The lowest BCUT2D eigenvalue weighted by Gasteiger charge is -2.25. The number of nitrogens with one attached hydrogen (secondary N) is 2. The predicted octanol–water partition coefficient (Wildman–Crippen LogP) is 2.74. The minimum atomic E-state index is -0.380. The molecule has 1 aliphatic heterocycles. The normalized spacial score (nSPS) is 16.0. The van der Waals surface area contributed by atoms with Crippen molar-refractivity contribution in [2.75, 3.05) is 19.0 Å². The second kappa shape index (κ2) is 7.59. The Morgan fingerprint density at radius 3 is 2.81 bits per heavy atom. The number of hydrogen-bond acceptors (Lipinski definition) is 5. The number of fused-ring (bicyclic) bond motifs is 1. The van der Waals surface area contributed by atoms with Crippen molar-refractivity contribution in [1.82, 2.24) is 9.97 Å². The molecule has 2 N–H and O–H groups in total. The number of H-pyrrole nitrogens is 1. The average molecular weight is 357 g/mol. The number of methoxy groups -OCH3 is 1. The zero-order chi connectivity index (χ0) is 18.7. The summed E-state index contributed by atoms with van der Waals surface area (Å²) in [5.41, 5.74) is 1.05. The van der Waals surface area contributed by atoms with Gasteiger partial charge in [-0.2, -0.15) is 0 Å². The fraction of sp³-hybridized carbons (Fsp3) is 0.421. The van der Waals surface area contributed by atoms with E-state index in [1.807, 2.05) is 18.2 Å². The van der Waals surface area contributed by atoms with Gasteiger partial charge in [-0.1, -0.05) is 19.4 Å². The SMILES string of the molecule is CCCCOc1ccc(C2CC(=O)Nc3nc(C)[nH]c(=O)c32)cc1OC. The van der Waals surface area contributed by atoms with Crippen LogP contribution in [0, 0.1) is 6.92 Å². The van der Waals surface area contributed by atoms with Crippen molar-refractivity contribution in [3.63, 3.8) is 0 Å². The number of amides is 1. The lowest BCUT2D eigenvalue weighted by atomic mass is 9.86. The van der Waals surface area contributed by atoms with E-state index < -0.39 is 0 Å². The second-order valence-electron chi connectivity index (χ2n) is 6.33. The minimum absolute atomic E-state index is 0.165. The van der Waals surface area contributed by atoms with Crippen LogP contribution in [0.1, 0.15) is 49.1 Å². The van der Waals surface area contributed by atoms with E-state index in [-0.39, 0.29) is 23.8 Å². The second-order valence-corrected chi connectivity index (χ2v) is 6.33. The van der Waals surface area contributed by atoms with Crippen molar-refractivity contribution in [3.05, 3.63) is 45.5 Å². The number of carbonyl (C=O) groups is 1. The molecule has 1 amide bonds. The summed E-state index contributed by atoms with van der Waals surface area (Å²) in [4.78, 5) is 31.6. The van der Waals surface area contributed by atoms with E-state index in [0.29, 0.717) is 35.3 Å². The molecule has 1 aliphatic rings. The Bertz CT molecular complexity index is 876. The highest BCUT2D eigenvalue weighted by Gasteiger charge is 2.31. The molecular weight excluding hydrogens is 334 g/mol. The van der Waals surface area contributed by atoms with Gasteiger partial charge < -0.3 is 19.8 Å². The number of benzene rings is 1. The molecule has 1 atom stereocenters. The molecule has 3 rings (SSSR count). The first kappa shape index (κ1) is 18.0. The van der Waals surface area contributed by atoms with Crippen LogP contribution in [-0.2, 0) is 4.79 Å². The molecule has 0 spiro atoms. The Kier molecular flexibility index (Phi) is 5.25. The fourth-order valence-electron chi connectivity index (χ4n) is 3.12. The van der Waals surface area contributed by atoms with Gasteiger partial charge in [0.15, 0.2) is 11.5 Å². The molecule has 1 aromatic heterocycles. The minimum Gasteiger partial charge on any atom is -0.493 e. The highest BCUT2D eigenvalue weighted by atomic mass is 16.5. The van der Waals surface area contributed by atoms with E-state index in [1.165, 1.54) is 0 Å². The molecule has 2 aromatic rings. The van der Waals surface area contributed by atoms with Gasteiger partial charge in [0.25, 0.3) is 5.56 Å². The van der Waals surface area contributed by atoms with Gasteiger partial charge in [-0.25, -0.2) is 4.98 Å². The molecule has 7 nitrogen and oxygen atoms in total. The van der Waals surface area contributed by atoms with Crippen molar-refractivity contribution < 1.29 is 14.3 Å². The summed E-state index contributed by atoms with van der Waals surface area (Å²) >= 11 is 0. The predicted molar refractivity (Wildman–Crippen MR) is 98.1 cm³/mol. The van der Waals surface area contributed by atoms with Gasteiger partial charge in [-0.05, 0) is 31.0 Å². The van der Waals surface area contributed by atoms with Crippen LogP contribution in [0.15, 0.2) is 23.0 Å². The zero-order valence-electron chi connectivity index (χ0n) is 15.2. The Morgan fingerprint density at radius 2 is 2.08 bits per heavy atom. The number of ether oxygens (including phenoxy) is 2. The van der Waals surface area contributed by atoms with Crippen molar-refractivity contribution in [1.29, 1.82) is 0 Å². The number of aromatic amines is 1. The van der Waals surface area contributed by atoms with E-state index in [1.54, 1.807) is 14.0 Å². The molecule has 26 heavy (non-hydrogen) atoms. The summed E-state index contributed by atoms with van der Waals surface area (Å²) < 4.78 is 11.2. The van der Waals surface area contributed by atoms with Crippen LogP contribution in [0.3, 0.4) is 0 Å². The van der Waals surface area contributed by atoms with Crippen molar-refractivity contribution in [3.8, 4) is 11.5 Å². The maximum Gasteiger partial charge on any atom is 0.256 e. The van der Waals surface area contributed by atoms with Crippen LogP contribution in [0.25, 0.3) is 0 Å². The molecule has 1 aromatic carbocycles. The van der Waals surface area contributed by atoms with Crippen molar-refractivity contribution in [2.45, 2.75) is 39.0 Å². The van der Waals surface area contributed by atoms with Gasteiger partial charge >= 0.3 is 0 Å². The van der Waals surface area contributed by atoms with Crippen LogP contribution in [0.5, 0.6) is 11.5 Å². The third-order valence-electron chi connectivity index (χ3n) is 4.41. The van der Waals surface area contributed by atoms with E-state index in [9.17, 15) is 9.59 Å². The van der Waals surface area contributed by atoms with E-state index in [2.05, 4.69) is 22.2 Å². The molecule has 138 valence electrons. The number of unbranched alkanes of at least 4 members (excludes halogenated alkanes) is 1. The topological polar surface area (TPSA) is 93.3 Å². The van der Waals surface area contributed by atoms with Crippen LogP contribution in [-0.4, -0.2) is 29.6 Å². The number of anilines is 1. The highest BCUT2D eigenvalue weighted by molar-refractivity contribution is 5.94. The monoisotopic (exact) mass is 357 g/mol. The van der Waals surface area contributed by atoms with E-state index in [0.717, 1.165) is 18.4 Å². The van der Waals surface area contributed by atoms with Crippen LogP contribution in [0.4, 0.5) is 5.82 Å². The van der Waals surface area contributed by atoms with Gasteiger partial charge in [0.2, 0.25) is 5.91 Å². The summed E-state index contributed by atoms with van der Waals surface area (Å²) in [6.07, 6.45) is 2.19. The Morgan fingerprint density at radius 1 is 1.27 bits per heavy atom. The molecule has 2 heterocycles. The van der Waals surface area contributed by atoms with Crippen molar-refractivity contribution >= 4 is 11.7 Å². The van der Waals surface area contributed by atoms with E-state index >= 15 is 0 Å². The quantitative estimate of drug-likeness (QED) is 0.776. The molecular formula is C19H23N3O4. The first-order valence-electron chi connectivity index (χ1n) is 8.74. The molecule has 0 radical (unpaired) electrons. The summed E-state index contributed by atoms with van der Waals surface area (Å²) in [5.74, 6) is 1.49. The Labute approximate surface area is 151 Å². The first-order valence-corrected chi connectivity index (χ1v) is 8.74. The standard InChI is InChI=1S/C19H23N3O4/c1-4-5-8-26-14-7-6-12(9-15(14)25-3)13-10-16(23)22-18-17(13)19(24)21-11(2)20-18/h6-7,9,13H,4-5,8,10H2,1-3H3,(H2,20,21,22,23,24). The molecule has 0 fully saturated rings. The highest BCUT2D eigenvalue weighted by Crippen LogP contribution is 2.38. The third-order valence-corrected chi connectivity index (χ3v) is 4.41. The van der Waals surface area contributed by atoms with Gasteiger partial charge in [-0.15, -0.1) is 0 Å².